The van der Waals surface area contributed by atoms with E-state index in [1.165, 1.54) is 6.20 Å². The van der Waals surface area contributed by atoms with E-state index in [2.05, 4.69) is 27.9 Å². The molecule has 286 valence electrons. The molecule has 3 aromatic rings. The summed E-state index contributed by atoms with van der Waals surface area (Å²) in [6, 6.07) is 9.57. The summed E-state index contributed by atoms with van der Waals surface area (Å²) < 4.78 is 75.1. The number of hydrogen-bond donors (Lipinski definition) is 6. The number of nitrogens with two attached hydrogens (primary N) is 1. The standard InChI is InChI=1S/C29H37N5O4.2C2HF3O2/c1-4-20-18(16-33-29(36)19-10-8-12-31-15-19)9-7-11-23(20)34-27-21-13-25(37-5-2)26(38-6-3)14-24(21)32-17-22(27)28(30)35;2*3-2(4,5)1(6)7/h7,9,11,13-14,17,19,31H,4-6,8,10,12,15-16H2,1-3H3,(H2,30,35)(H,32,34)(H,33,36);2*(H,6,7)/t19-;;/m0../s1. The molecule has 0 radical (unpaired) electrons. The molecular weight excluding hydrogens is 708 g/mol. The highest BCUT2D eigenvalue weighted by atomic mass is 19.4. The number of nitrogens with zero attached hydrogens (tertiary/aromatic N) is 1. The number of aliphatic carboxylic acids is 2. The van der Waals surface area contributed by atoms with Crippen molar-refractivity contribution in [3.8, 4) is 11.5 Å². The summed E-state index contributed by atoms with van der Waals surface area (Å²) >= 11 is 0. The van der Waals surface area contributed by atoms with E-state index in [4.69, 9.17) is 35.0 Å². The molecule has 4 rings (SSSR count). The summed E-state index contributed by atoms with van der Waals surface area (Å²) in [6.07, 6.45) is -6.04. The first-order valence-electron chi connectivity index (χ1n) is 15.8. The van der Waals surface area contributed by atoms with Gasteiger partial charge >= 0.3 is 24.3 Å². The normalized spacial score (nSPS) is 14.1. The van der Waals surface area contributed by atoms with Crippen molar-refractivity contribution in [3.05, 3.63) is 53.2 Å². The van der Waals surface area contributed by atoms with Gasteiger partial charge in [-0.25, -0.2) is 9.59 Å². The van der Waals surface area contributed by atoms with Gasteiger partial charge in [0.15, 0.2) is 11.5 Å². The van der Waals surface area contributed by atoms with Crippen LogP contribution in [0.2, 0.25) is 0 Å². The number of carbonyl (C=O) groups is 4. The van der Waals surface area contributed by atoms with Crippen molar-refractivity contribution in [2.24, 2.45) is 11.7 Å². The monoisotopic (exact) mass is 747 g/mol. The summed E-state index contributed by atoms with van der Waals surface area (Å²) in [5, 5.41) is 24.8. The third-order valence-electron chi connectivity index (χ3n) is 7.29. The van der Waals surface area contributed by atoms with Crippen LogP contribution in [0.15, 0.2) is 36.5 Å². The van der Waals surface area contributed by atoms with Crippen molar-refractivity contribution in [3.63, 3.8) is 0 Å². The van der Waals surface area contributed by atoms with Crippen LogP contribution in [0, 0.1) is 5.92 Å². The summed E-state index contributed by atoms with van der Waals surface area (Å²) in [7, 11) is 0. The van der Waals surface area contributed by atoms with Crippen LogP contribution in [-0.4, -0.2) is 77.6 Å². The van der Waals surface area contributed by atoms with Gasteiger partial charge in [-0.2, -0.15) is 26.3 Å². The highest BCUT2D eigenvalue weighted by molar-refractivity contribution is 6.08. The van der Waals surface area contributed by atoms with E-state index in [9.17, 15) is 35.9 Å². The zero-order valence-corrected chi connectivity index (χ0v) is 28.3. The van der Waals surface area contributed by atoms with Gasteiger partial charge in [-0.05, 0) is 62.9 Å². The van der Waals surface area contributed by atoms with Crippen molar-refractivity contribution in [2.45, 2.75) is 58.9 Å². The molecule has 1 atom stereocenters. The van der Waals surface area contributed by atoms with Crippen LogP contribution in [0.4, 0.5) is 37.7 Å². The lowest BCUT2D eigenvalue weighted by Crippen LogP contribution is -2.40. The molecule has 7 N–H and O–H groups in total. The number of carbonyl (C=O) groups excluding carboxylic acids is 2. The molecule has 1 aliphatic rings. The topological polar surface area (TPSA) is 202 Å². The lowest BCUT2D eigenvalue weighted by molar-refractivity contribution is -0.193. The van der Waals surface area contributed by atoms with Crippen LogP contribution in [0.25, 0.3) is 10.9 Å². The number of nitrogens with one attached hydrogen (secondary N) is 3. The van der Waals surface area contributed by atoms with Crippen LogP contribution < -0.4 is 31.2 Å². The number of benzene rings is 2. The predicted octanol–water partition coefficient (Wildman–Crippen LogP) is 5.32. The average Bonchev–Trinajstić information content (AvgIpc) is 3.08. The molecule has 1 saturated heterocycles. The molecule has 2 heterocycles. The number of fused-ring (bicyclic) bond motifs is 1. The van der Waals surface area contributed by atoms with Crippen molar-refractivity contribution in [1.29, 1.82) is 0 Å². The van der Waals surface area contributed by atoms with Crippen molar-refractivity contribution >= 4 is 46.0 Å². The number of anilines is 2. The average molecular weight is 748 g/mol. The fourth-order valence-corrected chi connectivity index (χ4v) is 4.93. The number of amides is 2. The van der Waals surface area contributed by atoms with E-state index in [1.54, 1.807) is 0 Å². The Hall–Kier alpha value is -5.33. The lowest BCUT2D eigenvalue weighted by atomic mass is 9.98. The van der Waals surface area contributed by atoms with Gasteiger partial charge in [0.05, 0.1) is 35.9 Å². The number of piperidine rings is 1. The lowest BCUT2D eigenvalue weighted by Gasteiger charge is -2.23. The maximum Gasteiger partial charge on any atom is 0.490 e. The third-order valence-corrected chi connectivity index (χ3v) is 7.29. The molecule has 2 aromatic carbocycles. The molecule has 0 aliphatic carbocycles. The molecular formula is C33H39F6N5O8. The zero-order chi connectivity index (χ0) is 39.2. The quantitative estimate of drug-likeness (QED) is 0.139. The molecule has 0 saturated carbocycles. The van der Waals surface area contributed by atoms with Crippen LogP contribution >= 0.6 is 0 Å². The number of primary amides is 1. The minimum Gasteiger partial charge on any atom is -0.490 e. The molecule has 0 spiro atoms. The minimum atomic E-state index is -5.08. The Balaban J connectivity index is 0.000000564. The SMILES string of the molecule is CCOc1cc2ncc(C(N)=O)c(Nc3cccc(CNC(=O)[C@H]4CCCNC4)c3CC)c2cc1OCC.O=C(O)C(F)(F)F.O=C(O)C(F)(F)F. The summed E-state index contributed by atoms with van der Waals surface area (Å²) in [5.74, 6) is -4.87. The second kappa shape index (κ2) is 19.3. The first kappa shape index (κ1) is 42.8. The number of aromatic nitrogens is 1. The smallest absolute Gasteiger partial charge is 0.490 e. The Bertz CT molecular complexity index is 1690. The van der Waals surface area contributed by atoms with Crippen LogP contribution in [-0.2, 0) is 27.3 Å². The van der Waals surface area contributed by atoms with E-state index in [1.807, 2.05) is 44.2 Å². The number of rotatable bonds is 11. The molecule has 1 aromatic heterocycles. The minimum absolute atomic E-state index is 0.00226. The molecule has 1 fully saturated rings. The van der Waals surface area contributed by atoms with E-state index in [-0.39, 0.29) is 17.4 Å². The molecule has 52 heavy (non-hydrogen) atoms. The number of alkyl halides is 6. The number of hydrogen-bond acceptors (Lipinski definition) is 9. The Kier molecular flexibility index (Phi) is 15.9. The predicted molar refractivity (Wildman–Crippen MR) is 177 cm³/mol. The summed E-state index contributed by atoms with van der Waals surface area (Å²) in [4.78, 5) is 47.4. The first-order valence-corrected chi connectivity index (χ1v) is 15.8. The van der Waals surface area contributed by atoms with Gasteiger partial charge in [0, 0.05) is 36.4 Å². The van der Waals surface area contributed by atoms with Gasteiger partial charge in [0.25, 0.3) is 5.91 Å². The molecule has 13 nitrogen and oxygen atoms in total. The highest BCUT2D eigenvalue weighted by Gasteiger charge is 2.39. The van der Waals surface area contributed by atoms with Gasteiger partial charge < -0.3 is 41.4 Å². The summed E-state index contributed by atoms with van der Waals surface area (Å²) in [5.41, 5.74) is 10.1. The van der Waals surface area contributed by atoms with Gasteiger partial charge in [0.1, 0.15) is 0 Å². The summed E-state index contributed by atoms with van der Waals surface area (Å²) in [6.45, 7) is 8.93. The van der Waals surface area contributed by atoms with Crippen molar-refractivity contribution < 1.29 is 65.2 Å². The Morgan fingerprint density at radius 3 is 2.02 bits per heavy atom. The van der Waals surface area contributed by atoms with Crippen LogP contribution in [0.1, 0.15) is 55.1 Å². The van der Waals surface area contributed by atoms with E-state index >= 15 is 0 Å². The Morgan fingerprint density at radius 1 is 0.962 bits per heavy atom. The number of halogens is 6. The molecule has 1 aliphatic heterocycles. The molecule has 0 bridgehead atoms. The molecule has 19 heteroatoms. The maximum absolute atomic E-state index is 12.7. The first-order chi connectivity index (χ1) is 24.3. The fraction of sp³-hybridized carbons (Fsp3) is 0.424. The number of pyridine rings is 1. The number of carboxylic acids is 2. The van der Waals surface area contributed by atoms with Crippen LogP contribution in [0.5, 0.6) is 11.5 Å². The van der Waals surface area contributed by atoms with E-state index in [0.717, 1.165) is 42.6 Å². The second-order valence-corrected chi connectivity index (χ2v) is 10.9. The molecule has 2 amide bonds. The largest absolute Gasteiger partial charge is 0.490 e. The number of carboxylic acid groups (broad SMARTS) is 2. The van der Waals surface area contributed by atoms with Crippen molar-refractivity contribution in [1.82, 2.24) is 15.6 Å². The highest BCUT2D eigenvalue weighted by Crippen LogP contribution is 2.38. The Morgan fingerprint density at radius 2 is 1.54 bits per heavy atom. The van der Waals surface area contributed by atoms with Crippen molar-refractivity contribution in [2.75, 3.05) is 31.6 Å². The van der Waals surface area contributed by atoms with E-state index < -0.39 is 30.2 Å². The zero-order valence-electron chi connectivity index (χ0n) is 28.3. The maximum atomic E-state index is 12.7. The fourth-order valence-electron chi connectivity index (χ4n) is 4.93. The van der Waals surface area contributed by atoms with E-state index in [0.29, 0.717) is 54.4 Å². The van der Waals surface area contributed by atoms with Gasteiger partial charge in [0.2, 0.25) is 5.91 Å². The number of ether oxygens (including phenoxy) is 2. The second-order valence-electron chi connectivity index (χ2n) is 10.9. The van der Waals surface area contributed by atoms with Gasteiger partial charge in [-0.1, -0.05) is 19.1 Å². The van der Waals surface area contributed by atoms with Gasteiger partial charge in [-0.15, -0.1) is 0 Å². The van der Waals surface area contributed by atoms with Gasteiger partial charge in [-0.3, -0.25) is 14.6 Å². The van der Waals surface area contributed by atoms with Crippen LogP contribution in [0.3, 0.4) is 0 Å². The Labute approximate surface area is 293 Å². The third kappa shape index (κ3) is 12.5. The molecule has 0 unspecified atom stereocenters.